The fourth-order valence-electron chi connectivity index (χ4n) is 2.06. The zero-order valence-corrected chi connectivity index (χ0v) is 12.8. The van der Waals surface area contributed by atoms with E-state index in [0.29, 0.717) is 6.54 Å². The first-order chi connectivity index (χ1) is 10.8. The number of nitrogens with one attached hydrogen (secondary N) is 1. The lowest BCUT2D eigenvalue weighted by molar-refractivity contribution is -0.154. The predicted molar refractivity (Wildman–Crippen MR) is 82.2 cm³/mol. The van der Waals surface area contributed by atoms with Crippen molar-refractivity contribution in [3.05, 3.63) is 29.8 Å². The normalized spacial score (nSPS) is 17.2. The highest BCUT2D eigenvalue weighted by molar-refractivity contribution is 5.93. The van der Waals surface area contributed by atoms with Gasteiger partial charge in [0.05, 0.1) is 7.11 Å². The molecule has 1 fully saturated rings. The van der Waals surface area contributed by atoms with E-state index in [1.807, 2.05) is 24.3 Å². The van der Waals surface area contributed by atoms with E-state index in [1.54, 1.807) is 7.11 Å². The number of methoxy groups -OCH3 is 1. The SMILES string of the molecule is COc1ccc(CNC(=O)C#CCO[C@H]2CCCCO2)cc1. The maximum absolute atomic E-state index is 11.6. The fourth-order valence-corrected chi connectivity index (χ4v) is 2.06. The highest BCUT2D eigenvalue weighted by Crippen LogP contribution is 2.13. The van der Waals surface area contributed by atoms with Crippen molar-refractivity contribution in [1.82, 2.24) is 5.32 Å². The average Bonchev–Trinajstić information content (AvgIpc) is 2.58. The Morgan fingerprint density at radius 2 is 2.18 bits per heavy atom. The number of benzene rings is 1. The molecule has 0 aromatic heterocycles. The zero-order valence-electron chi connectivity index (χ0n) is 12.8. The van der Waals surface area contributed by atoms with Gasteiger partial charge in [0.2, 0.25) is 0 Å². The molecule has 1 aliphatic rings. The second-order valence-electron chi connectivity index (χ2n) is 4.94. The molecule has 1 heterocycles. The van der Waals surface area contributed by atoms with Gasteiger partial charge in [-0.3, -0.25) is 4.79 Å². The van der Waals surface area contributed by atoms with Crippen LogP contribution in [0.25, 0.3) is 0 Å². The van der Waals surface area contributed by atoms with Crippen LogP contribution < -0.4 is 10.1 Å². The summed E-state index contributed by atoms with van der Waals surface area (Å²) in [4.78, 5) is 11.6. The second-order valence-corrected chi connectivity index (χ2v) is 4.94. The number of hydrogen-bond donors (Lipinski definition) is 1. The molecule has 1 saturated heterocycles. The van der Waals surface area contributed by atoms with E-state index in [2.05, 4.69) is 17.2 Å². The molecule has 1 amide bonds. The monoisotopic (exact) mass is 303 g/mol. The largest absolute Gasteiger partial charge is 0.497 e. The van der Waals surface area contributed by atoms with E-state index in [4.69, 9.17) is 14.2 Å². The van der Waals surface area contributed by atoms with Gasteiger partial charge in [-0.05, 0) is 42.9 Å². The quantitative estimate of drug-likeness (QED) is 0.844. The molecule has 0 aliphatic carbocycles. The number of carbonyl (C=O) groups excluding carboxylic acids is 1. The summed E-state index contributed by atoms with van der Waals surface area (Å²) in [5.74, 6) is 5.69. The molecule has 1 aliphatic heterocycles. The Bertz CT molecular complexity index is 524. The van der Waals surface area contributed by atoms with E-state index in [1.165, 1.54) is 0 Å². The van der Waals surface area contributed by atoms with Crippen LogP contribution in [0.1, 0.15) is 24.8 Å². The van der Waals surface area contributed by atoms with Crippen LogP contribution >= 0.6 is 0 Å². The van der Waals surface area contributed by atoms with E-state index in [0.717, 1.165) is 37.2 Å². The van der Waals surface area contributed by atoms with Crippen LogP contribution in [0.15, 0.2) is 24.3 Å². The van der Waals surface area contributed by atoms with Gasteiger partial charge >= 0.3 is 0 Å². The molecule has 5 nitrogen and oxygen atoms in total. The third-order valence-electron chi connectivity index (χ3n) is 3.29. The molecule has 1 N–H and O–H groups in total. The molecule has 5 heteroatoms. The van der Waals surface area contributed by atoms with Crippen LogP contribution in [0, 0.1) is 11.8 Å². The van der Waals surface area contributed by atoms with Gasteiger partial charge in [0.15, 0.2) is 6.29 Å². The Balaban J connectivity index is 1.65. The number of carbonyl (C=O) groups is 1. The topological polar surface area (TPSA) is 56.8 Å². The molecule has 0 saturated carbocycles. The summed E-state index contributed by atoms with van der Waals surface area (Å²) < 4.78 is 15.9. The summed E-state index contributed by atoms with van der Waals surface area (Å²) >= 11 is 0. The zero-order chi connectivity index (χ0) is 15.6. The summed E-state index contributed by atoms with van der Waals surface area (Å²) in [7, 11) is 1.62. The van der Waals surface area contributed by atoms with Gasteiger partial charge < -0.3 is 19.5 Å². The third kappa shape index (κ3) is 5.76. The van der Waals surface area contributed by atoms with Gasteiger partial charge in [0, 0.05) is 13.2 Å². The fraction of sp³-hybridized carbons (Fsp3) is 0.471. The minimum atomic E-state index is -0.316. The first-order valence-electron chi connectivity index (χ1n) is 7.41. The molecule has 0 spiro atoms. The predicted octanol–water partition coefficient (Wildman–Crippen LogP) is 1.86. The molecule has 1 aromatic carbocycles. The van der Waals surface area contributed by atoms with Crippen LogP contribution in [0.3, 0.4) is 0 Å². The van der Waals surface area contributed by atoms with Crippen molar-refractivity contribution >= 4 is 5.91 Å². The lowest BCUT2D eigenvalue weighted by Gasteiger charge is -2.21. The molecular weight excluding hydrogens is 282 g/mol. The van der Waals surface area contributed by atoms with Crippen molar-refractivity contribution in [2.45, 2.75) is 32.1 Å². The van der Waals surface area contributed by atoms with E-state index in [9.17, 15) is 4.79 Å². The molecule has 118 valence electrons. The standard InChI is InChI=1S/C17H21NO4/c1-20-15-9-7-14(8-10-15)13-18-16(19)5-4-12-22-17-6-2-3-11-21-17/h7-10,17H,2-3,6,11-13H2,1H3,(H,18,19)/t17-/m0/s1. The highest BCUT2D eigenvalue weighted by Gasteiger charge is 2.12. The van der Waals surface area contributed by atoms with Crippen molar-refractivity contribution in [1.29, 1.82) is 0 Å². The van der Waals surface area contributed by atoms with E-state index >= 15 is 0 Å². The third-order valence-corrected chi connectivity index (χ3v) is 3.29. The Morgan fingerprint density at radius 1 is 1.36 bits per heavy atom. The van der Waals surface area contributed by atoms with Crippen molar-refractivity contribution in [3.8, 4) is 17.6 Å². The van der Waals surface area contributed by atoms with Crippen LogP contribution in [0.5, 0.6) is 5.75 Å². The van der Waals surface area contributed by atoms with E-state index < -0.39 is 0 Å². The number of hydrogen-bond acceptors (Lipinski definition) is 4. The van der Waals surface area contributed by atoms with Crippen molar-refractivity contribution in [3.63, 3.8) is 0 Å². The smallest absolute Gasteiger partial charge is 0.296 e. The first-order valence-corrected chi connectivity index (χ1v) is 7.41. The van der Waals surface area contributed by atoms with Crippen LogP contribution in [-0.2, 0) is 20.8 Å². The molecule has 0 unspecified atom stereocenters. The lowest BCUT2D eigenvalue weighted by atomic mass is 10.2. The van der Waals surface area contributed by atoms with E-state index in [-0.39, 0.29) is 18.8 Å². The maximum Gasteiger partial charge on any atom is 0.296 e. The van der Waals surface area contributed by atoms with Gasteiger partial charge in [-0.25, -0.2) is 0 Å². The van der Waals surface area contributed by atoms with Crippen molar-refractivity contribution in [2.24, 2.45) is 0 Å². The van der Waals surface area contributed by atoms with Gasteiger partial charge in [-0.15, -0.1) is 0 Å². The van der Waals surface area contributed by atoms with Crippen molar-refractivity contribution in [2.75, 3.05) is 20.3 Å². The minimum absolute atomic E-state index is 0.176. The number of ether oxygens (including phenoxy) is 3. The Hall–Kier alpha value is -2.03. The summed E-state index contributed by atoms with van der Waals surface area (Å²) in [6.45, 7) is 1.38. The molecule has 1 atom stereocenters. The van der Waals surface area contributed by atoms with Gasteiger partial charge in [-0.1, -0.05) is 18.1 Å². The first kappa shape index (κ1) is 16.3. The molecule has 0 radical (unpaired) electrons. The Morgan fingerprint density at radius 3 is 2.86 bits per heavy atom. The van der Waals surface area contributed by atoms with Crippen LogP contribution in [0.2, 0.25) is 0 Å². The Kier molecular flexibility index (Phi) is 6.75. The molecular formula is C17H21NO4. The number of amides is 1. The second kappa shape index (κ2) is 9.08. The lowest BCUT2D eigenvalue weighted by Crippen LogP contribution is -2.23. The molecule has 2 rings (SSSR count). The molecule has 0 bridgehead atoms. The summed E-state index contributed by atoms with van der Waals surface area (Å²) in [5.41, 5.74) is 0.989. The summed E-state index contributed by atoms with van der Waals surface area (Å²) in [6.07, 6.45) is 2.91. The van der Waals surface area contributed by atoms with Crippen LogP contribution in [0.4, 0.5) is 0 Å². The highest BCUT2D eigenvalue weighted by atomic mass is 16.7. The molecule has 22 heavy (non-hydrogen) atoms. The Labute approximate surface area is 130 Å². The minimum Gasteiger partial charge on any atom is -0.497 e. The summed E-state index contributed by atoms with van der Waals surface area (Å²) in [6, 6.07) is 7.50. The van der Waals surface area contributed by atoms with Gasteiger partial charge in [-0.2, -0.15) is 0 Å². The van der Waals surface area contributed by atoms with Crippen LogP contribution in [-0.4, -0.2) is 32.5 Å². The van der Waals surface area contributed by atoms with Gasteiger partial charge in [0.25, 0.3) is 5.91 Å². The van der Waals surface area contributed by atoms with Crippen molar-refractivity contribution < 1.29 is 19.0 Å². The maximum atomic E-state index is 11.6. The molecule has 1 aromatic rings. The summed E-state index contributed by atoms with van der Waals surface area (Å²) in [5, 5.41) is 2.73. The van der Waals surface area contributed by atoms with Gasteiger partial charge in [0.1, 0.15) is 12.4 Å². The number of rotatable bonds is 5. The average molecular weight is 303 g/mol.